The van der Waals surface area contributed by atoms with E-state index in [-0.39, 0.29) is 0 Å². The van der Waals surface area contributed by atoms with Gasteiger partial charge in [-0.1, -0.05) is 13.3 Å². The summed E-state index contributed by atoms with van der Waals surface area (Å²) in [5.74, 6) is 3.83. The van der Waals surface area contributed by atoms with Crippen molar-refractivity contribution in [3.8, 4) is 0 Å². The monoisotopic (exact) mass is 201 g/mol. The van der Waals surface area contributed by atoms with Crippen LogP contribution in [0.3, 0.4) is 0 Å². The summed E-state index contributed by atoms with van der Waals surface area (Å²) < 4.78 is 0. The van der Waals surface area contributed by atoms with Crippen molar-refractivity contribution in [1.29, 1.82) is 0 Å². The van der Waals surface area contributed by atoms with Gasteiger partial charge in [-0.05, 0) is 56.2 Å². The Balaban J connectivity index is 1.86. The van der Waals surface area contributed by atoms with Crippen molar-refractivity contribution < 1.29 is 0 Å². The number of hydrogen-bond donors (Lipinski definition) is 1. The Kier molecular flexibility index (Phi) is 6.73. The van der Waals surface area contributed by atoms with Gasteiger partial charge in [0, 0.05) is 0 Å². The van der Waals surface area contributed by atoms with Crippen LogP contribution >= 0.6 is 11.8 Å². The maximum atomic E-state index is 3.53. The third-order valence-electron chi connectivity index (χ3n) is 2.78. The molecule has 0 spiro atoms. The van der Waals surface area contributed by atoms with E-state index in [9.17, 15) is 0 Å². The first-order valence-electron chi connectivity index (χ1n) is 5.72. The van der Waals surface area contributed by atoms with Crippen LogP contribution in [-0.4, -0.2) is 24.6 Å². The second-order valence-corrected chi connectivity index (χ2v) is 5.17. The highest BCUT2D eigenvalue weighted by atomic mass is 32.2. The zero-order valence-electron chi connectivity index (χ0n) is 8.85. The topological polar surface area (TPSA) is 12.0 Å². The minimum Gasteiger partial charge on any atom is -0.317 e. The summed E-state index contributed by atoms with van der Waals surface area (Å²) >= 11 is 2.13. The molecule has 0 aromatic heterocycles. The first-order chi connectivity index (χ1) is 6.43. The third kappa shape index (κ3) is 5.58. The SMILES string of the molecule is CCCCNCCC1CCSCC1. The molecule has 0 radical (unpaired) electrons. The number of nitrogens with one attached hydrogen (secondary N) is 1. The minimum absolute atomic E-state index is 1.02. The Labute approximate surface area is 87.1 Å². The molecule has 1 saturated heterocycles. The Hall–Kier alpha value is 0.310. The quantitative estimate of drug-likeness (QED) is 0.663. The standard InChI is InChI=1S/C11H23NS/c1-2-3-7-12-8-4-11-5-9-13-10-6-11/h11-12H,2-10H2,1H3. The van der Waals surface area contributed by atoms with Crippen molar-refractivity contribution >= 4 is 11.8 Å². The van der Waals surface area contributed by atoms with Gasteiger partial charge in [-0.15, -0.1) is 0 Å². The first kappa shape index (κ1) is 11.4. The van der Waals surface area contributed by atoms with Crippen LogP contribution in [0.25, 0.3) is 0 Å². The summed E-state index contributed by atoms with van der Waals surface area (Å²) in [6.45, 7) is 4.72. The van der Waals surface area contributed by atoms with Gasteiger partial charge in [0.1, 0.15) is 0 Å². The summed E-state index contributed by atoms with van der Waals surface area (Å²) in [5, 5.41) is 3.53. The zero-order chi connectivity index (χ0) is 9.36. The Morgan fingerprint density at radius 1 is 1.23 bits per heavy atom. The van der Waals surface area contributed by atoms with E-state index in [1.165, 1.54) is 56.7 Å². The number of hydrogen-bond acceptors (Lipinski definition) is 2. The molecule has 1 rings (SSSR count). The van der Waals surface area contributed by atoms with E-state index in [1.807, 2.05) is 0 Å². The zero-order valence-corrected chi connectivity index (χ0v) is 9.67. The van der Waals surface area contributed by atoms with Crippen LogP contribution in [0.5, 0.6) is 0 Å². The van der Waals surface area contributed by atoms with E-state index in [0.717, 1.165) is 5.92 Å². The van der Waals surface area contributed by atoms with Gasteiger partial charge in [-0.2, -0.15) is 11.8 Å². The predicted octanol–water partition coefficient (Wildman–Crippen LogP) is 2.91. The third-order valence-corrected chi connectivity index (χ3v) is 3.83. The molecular weight excluding hydrogens is 178 g/mol. The lowest BCUT2D eigenvalue weighted by Gasteiger charge is -2.21. The van der Waals surface area contributed by atoms with Crippen molar-refractivity contribution in [2.45, 2.75) is 39.0 Å². The molecular formula is C11H23NS. The lowest BCUT2D eigenvalue weighted by atomic mass is 9.99. The fourth-order valence-electron chi connectivity index (χ4n) is 1.77. The van der Waals surface area contributed by atoms with Gasteiger partial charge in [0.25, 0.3) is 0 Å². The molecule has 0 aromatic carbocycles. The van der Waals surface area contributed by atoms with Crippen molar-refractivity contribution in [1.82, 2.24) is 5.32 Å². The molecule has 78 valence electrons. The molecule has 0 saturated carbocycles. The highest BCUT2D eigenvalue weighted by Gasteiger charge is 2.12. The number of unbranched alkanes of at least 4 members (excludes halogenated alkanes) is 1. The van der Waals surface area contributed by atoms with Gasteiger partial charge in [0.05, 0.1) is 0 Å². The van der Waals surface area contributed by atoms with E-state index >= 15 is 0 Å². The van der Waals surface area contributed by atoms with Crippen LogP contribution in [0.4, 0.5) is 0 Å². The first-order valence-corrected chi connectivity index (χ1v) is 6.87. The molecule has 2 heteroatoms. The second-order valence-electron chi connectivity index (χ2n) is 3.95. The summed E-state index contributed by atoms with van der Waals surface area (Å²) in [5.41, 5.74) is 0. The molecule has 13 heavy (non-hydrogen) atoms. The van der Waals surface area contributed by atoms with Gasteiger partial charge in [0.2, 0.25) is 0 Å². The average Bonchev–Trinajstić information content (AvgIpc) is 2.19. The molecule has 1 nitrogen and oxygen atoms in total. The van der Waals surface area contributed by atoms with Gasteiger partial charge in [-0.3, -0.25) is 0 Å². The summed E-state index contributed by atoms with van der Waals surface area (Å²) in [4.78, 5) is 0. The van der Waals surface area contributed by atoms with Crippen molar-refractivity contribution in [2.24, 2.45) is 5.92 Å². The summed E-state index contributed by atoms with van der Waals surface area (Å²) in [6.07, 6.45) is 6.97. The largest absolute Gasteiger partial charge is 0.317 e. The minimum atomic E-state index is 1.02. The average molecular weight is 201 g/mol. The van der Waals surface area contributed by atoms with E-state index in [4.69, 9.17) is 0 Å². The van der Waals surface area contributed by atoms with Crippen LogP contribution in [0.2, 0.25) is 0 Å². The molecule has 1 heterocycles. The van der Waals surface area contributed by atoms with Crippen LogP contribution in [0.15, 0.2) is 0 Å². The van der Waals surface area contributed by atoms with E-state index < -0.39 is 0 Å². The van der Waals surface area contributed by atoms with Crippen molar-refractivity contribution in [3.05, 3.63) is 0 Å². The molecule has 0 aliphatic carbocycles. The molecule has 1 aliphatic heterocycles. The fourth-order valence-corrected chi connectivity index (χ4v) is 2.97. The normalized spacial score (nSPS) is 19.2. The highest BCUT2D eigenvalue weighted by molar-refractivity contribution is 7.99. The van der Waals surface area contributed by atoms with Crippen LogP contribution in [-0.2, 0) is 0 Å². The number of thioether (sulfide) groups is 1. The predicted molar refractivity (Wildman–Crippen MR) is 62.4 cm³/mol. The van der Waals surface area contributed by atoms with Gasteiger partial charge >= 0.3 is 0 Å². The van der Waals surface area contributed by atoms with Gasteiger partial charge in [-0.25, -0.2) is 0 Å². The Bertz CT molecular complexity index is 111. The van der Waals surface area contributed by atoms with E-state index in [1.54, 1.807) is 0 Å². The maximum absolute atomic E-state index is 3.53. The lowest BCUT2D eigenvalue weighted by molar-refractivity contribution is 0.436. The van der Waals surface area contributed by atoms with E-state index in [0.29, 0.717) is 0 Å². The van der Waals surface area contributed by atoms with Crippen LogP contribution in [0.1, 0.15) is 39.0 Å². The molecule has 0 amide bonds. The van der Waals surface area contributed by atoms with Gasteiger partial charge in [0.15, 0.2) is 0 Å². The number of rotatable bonds is 6. The molecule has 0 aromatic rings. The fraction of sp³-hybridized carbons (Fsp3) is 1.00. The molecule has 1 fully saturated rings. The Morgan fingerprint density at radius 2 is 2.00 bits per heavy atom. The smallest absolute Gasteiger partial charge is 0.00463 e. The van der Waals surface area contributed by atoms with Crippen LogP contribution < -0.4 is 5.32 Å². The van der Waals surface area contributed by atoms with E-state index in [2.05, 4.69) is 24.0 Å². The molecule has 0 bridgehead atoms. The molecule has 0 unspecified atom stereocenters. The maximum Gasteiger partial charge on any atom is -0.00463 e. The lowest BCUT2D eigenvalue weighted by Crippen LogP contribution is -2.21. The summed E-state index contributed by atoms with van der Waals surface area (Å²) in [7, 11) is 0. The van der Waals surface area contributed by atoms with Crippen molar-refractivity contribution in [3.63, 3.8) is 0 Å². The molecule has 1 aliphatic rings. The van der Waals surface area contributed by atoms with Crippen molar-refractivity contribution in [2.75, 3.05) is 24.6 Å². The van der Waals surface area contributed by atoms with Gasteiger partial charge < -0.3 is 5.32 Å². The molecule has 1 N–H and O–H groups in total. The summed E-state index contributed by atoms with van der Waals surface area (Å²) in [6, 6.07) is 0. The molecule has 0 atom stereocenters. The highest BCUT2D eigenvalue weighted by Crippen LogP contribution is 2.24. The van der Waals surface area contributed by atoms with Crippen LogP contribution in [0, 0.1) is 5.92 Å². The Morgan fingerprint density at radius 3 is 2.69 bits per heavy atom. The second kappa shape index (κ2) is 7.69.